The molecule has 0 heterocycles. The van der Waals surface area contributed by atoms with Gasteiger partial charge in [0.15, 0.2) is 0 Å². The maximum atomic E-state index is 5.81. The fourth-order valence-electron chi connectivity index (χ4n) is 2.45. The van der Waals surface area contributed by atoms with Gasteiger partial charge in [-0.3, -0.25) is 0 Å². The van der Waals surface area contributed by atoms with E-state index in [0.717, 1.165) is 11.7 Å². The predicted molar refractivity (Wildman–Crippen MR) is 76.5 cm³/mol. The van der Waals surface area contributed by atoms with Crippen molar-refractivity contribution < 1.29 is 0 Å². The summed E-state index contributed by atoms with van der Waals surface area (Å²) in [4.78, 5) is 1.42. The maximum absolute atomic E-state index is 5.81. The normalized spacial score (nSPS) is 19.2. The first-order valence-electron chi connectivity index (χ1n) is 6.75. The highest BCUT2D eigenvalue weighted by molar-refractivity contribution is 8.00. The number of nitrogens with two attached hydrogens (primary N) is 1. The molecule has 1 aliphatic rings. The van der Waals surface area contributed by atoms with Crippen LogP contribution in [0, 0.1) is 0 Å². The minimum absolute atomic E-state index is 0.256. The van der Waals surface area contributed by atoms with E-state index in [1.54, 1.807) is 0 Å². The van der Waals surface area contributed by atoms with Gasteiger partial charge in [-0.2, -0.15) is 0 Å². The van der Waals surface area contributed by atoms with Gasteiger partial charge >= 0.3 is 0 Å². The molecule has 1 unspecified atom stereocenters. The standard InChI is InChI=1S/C15H23NS/c1-12(16)11-13-7-9-15(10-8-13)17-14-5-3-2-4-6-14/h7-10,12,14H,2-6,11,16H2,1H3. The van der Waals surface area contributed by atoms with E-state index in [9.17, 15) is 0 Å². The zero-order valence-electron chi connectivity index (χ0n) is 10.7. The predicted octanol–water partition coefficient (Wildman–Crippen LogP) is 4.00. The van der Waals surface area contributed by atoms with Crippen molar-refractivity contribution in [3.05, 3.63) is 29.8 Å². The molecule has 0 spiro atoms. The van der Waals surface area contributed by atoms with E-state index in [0.29, 0.717) is 0 Å². The van der Waals surface area contributed by atoms with Crippen molar-refractivity contribution in [2.75, 3.05) is 0 Å². The van der Waals surface area contributed by atoms with Crippen LogP contribution in [0.4, 0.5) is 0 Å². The first-order chi connectivity index (χ1) is 8.24. The molecule has 2 heteroatoms. The zero-order valence-corrected chi connectivity index (χ0v) is 11.5. The monoisotopic (exact) mass is 249 g/mol. The summed E-state index contributed by atoms with van der Waals surface area (Å²) in [7, 11) is 0. The number of hydrogen-bond donors (Lipinski definition) is 1. The molecule has 0 radical (unpaired) electrons. The van der Waals surface area contributed by atoms with Crippen LogP contribution in [0.3, 0.4) is 0 Å². The average molecular weight is 249 g/mol. The molecule has 0 saturated heterocycles. The molecule has 1 fully saturated rings. The van der Waals surface area contributed by atoms with E-state index in [4.69, 9.17) is 5.73 Å². The molecular weight excluding hydrogens is 226 g/mol. The molecule has 1 aliphatic carbocycles. The Bertz CT molecular complexity index is 325. The van der Waals surface area contributed by atoms with Crippen molar-refractivity contribution in [3.8, 4) is 0 Å². The van der Waals surface area contributed by atoms with Gasteiger partial charge in [-0.05, 0) is 43.9 Å². The molecule has 1 nitrogen and oxygen atoms in total. The molecule has 0 bridgehead atoms. The van der Waals surface area contributed by atoms with Crippen LogP contribution in [0.15, 0.2) is 29.2 Å². The Morgan fingerprint density at radius 3 is 2.41 bits per heavy atom. The van der Waals surface area contributed by atoms with Crippen molar-refractivity contribution >= 4 is 11.8 Å². The lowest BCUT2D eigenvalue weighted by atomic mass is 10.0. The molecule has 0 amide bonds. The molecular formula is C15H23NS. The van der Waals surface area contributed by atoms with Gasteiger partial charge < -0.3 is 5.73 Å². The van der Waals surface area contributed by atoms with Crippen molar-refractivity contribution in [2.24, 2.45) is 5.73 Å². The Morgan fingerprint density at radius 1 is 1.18 bits per heavy atom. The average Bonchev–Trinajstić information content (AvgIpc) is 2.32. The van der Waals surface area contributed by atoms with Crippen LogP contribution in [-0.2, 0) is 6.42 Å². The minimum Gasteiger partial charge on any atom is -0.328 e. The van der Waals surface area contributed by atoms with E-state index in [2.05, 4.69) is 43.0 Å². The molecule has 0 aromatic heterocycles. The minimum atomic E-state index is 0.256. The SMILES string of the molecule is CC(N)Cc1ccc(SC2CCCCC2)cc1. The lowest BCUT2D eigenvalue weighted by Gasteiger charge is -2.21. The summed E-state index contributed by atoms with van der Waals surface area (Å²) in [5.41, 5.74) is 7.16. The van der Waals surface area contributed by atoms with Gasteiger partial charge in [0.2, 0.25) is 0 Å². The fourth-order valence-corrected chi connectivity index (χ4v) is 3.70. The van der Waals surface area contributed by atoms with Gasteiger partial charge in [0.1, 0.15) is 0 Å². The van der Waals surface area contributed by atoms with Gasteiger partial charge in [0.25, 0.3) is 0 Å². The number of benzene rings is 1. The molecule has 1 atom stereocenters. The number of rotatable bonds is 4. The summed E-state index contributed by atoms with van der Waals surface area (Å²) in [6.45, 7) is 2.06. The van der Waals surface area contributed by atoms with Crippen LogP contribution in [0.25, 0.3) is 0 Å². The quantitative estimate of drug-likeness (QED) is 0.873. The molecule has 1 saturated carbocycles. The molecule has 1 aromatic rings. The lowest BCUT2D eigenvalue weighted by molar-refractivity contribution is 0.516. The Hall–Kier alpha value is -0.470. The molecule has 2 N–H and O–H groups in total. The van der Waals surface area contributed by atoms with Crippen LogP contribution in [0.2, 0.25) is 0 Å². The van der Waals surface area contributed by atoms with E-state index < -0.39 is 0 Å². The molecule has 0 aliphatic heterocycles. The van der Waals surface area contributed by atoms with Crippen LogP contribution >= 0.6 is 11.8 Å². The molecule has 2 rings (SSSR count). The Labute approximate surface area is 109 Å². The van der Waals surface area contributed by atoms with Crippen LogP contribution < -0.4 is 5.73 Å². The van der Waals surface area contributed by atoms with Gasteiger partial charge in [-0.15, -0.1) is 11.8 Å². The molecule has 17 heavy (non-hydrogen) atoms. The van der Waals surface area contributed by atoms with E-state index in [-0.39, 0.29) is 6.04 Å². The second-order valence-electron chi connectivity index (χ2n) is 5.20. The third kappa shape index (κ3) is 4.36. The van der Waals surface area contributed by atoms with Gasteiger partial charge in [0, 0.05) is 16.2 Å². The van der Waals surface area contributed by atoms with Crippen LogP contribution in [-0.4, -0.2) is 11.3 Å². The zero-order chi connectivity index (χ0) is 12.1. The van der Waals surface area contributed by atoms with Gasteiger partial charge in [-0.1, -0.05) is 31.4 Å². The molecule has 94 valence electrons. The maximum Gasteiger partial charge on any atom is 0.00944 e. The molecule has 1 aromatic carbocycles. The third-order valence-electron chi connectivity index (χ3n) is 3.34. The first-order valence-corrected chi connectivity index (χ1v) is 7.63. The lowest BCUT2D eigenvalue weighted by Crippen LogP contribution is -2.17. The number of hydrogen-bond acceptors (Lipinski definition) is 2. The highest BCUT2D eigenvalue weighted by Gasteiger charge is 2.14. The van der Waals surface area contributed by atoms with Crippen molar-refractivity contribution in [1.29, 1.82) is 0 Å². The Balaban J connectivity index is 1.88. The van der Waals surface area contributed by atoms with E-state index in [1.165, 1.54) is 42.6 Å². The Kier molecular flexibility index (Phi) is 4.93. The summed E-state index contributed by atoms with van der Waals surface area (Å²) >= 11 is 2.06. The summed E-state index contributed by atoms with van der Waals surface area (Å²) in [6, 6.07) is 9.24. The van der Waals surface area contributed by atoms with Crippen LogP contribution in [0.1, 0.15) is 44.6 Å². The second-order valence-corrected chi connectivity index (χ2v) is 6.58. The highest BCUT2D eigenvalue weighted by atomic mass is 32.2. The largest absolute Gasteiger partial charge is 0.328 e. The highest BCUT2D eigenvalue weighted by Crippen LogP contribution is 2.33. The van der Waals surface area contributed by atoms with E-state index in [1.807, 2.05) is 0 Å². The fraction of sp³-hybridized carbons (Fsp3) is 0.600. The smallest absolute Gasteiger partial charge is 0.00944 e. The summed E-state index contributed by atoms with van der Waals surface area (Å²) in [6.07, 6.45) is 8.04. The first kappa shape index (κ1) is 13.0. The summed E-state index contributed by atoms with van der Waals surface area (Å²) in [5, 5.41) is 0.850. The van der Waals surface area contributed by atoms with Crippen molar-refractivity contribution in [1.82, 2.24) is 0 Å². The second kappa shape index (κ2) is 6.46. The van der Waals surface area contributed by atoms with Crippen molar-refractivity contribution in [2.45, 2.75) is 61.6 Å². The topological polar surface area (TPSA) is 26.0 Å². The summed E-state index contributed by atoms with van der Waals surface area (Å²) < 4.78 is 0. The van der Waals surface area contributed by atoms with E-state index >= 15 is 0 Å². The Morgan fingerprint density at radius 2 is 1.82 bits per heavy atom. The third-order valence-corrected chi connectivity index (χ3v) is 4.69. The van der Waals surface area contributed by atoms with Crippen molar-refractivity contribution in [3.63, 3.8) is 0 Å². The van der Waals surface area contributed by atoms with Gasteiger partial charge in [-0.25, -0.2) is 0 Å². The number of thioether (sulfide) groups is 1. The van der Waals surface area contributed by atoms with Gasteiger partial charge in [0.05, 0.1) is 0 Å². The van der Waals surface area contributed by atoms with Crippen LogP contribution in [0.5, 0.6) is 0 Å². The summed E-state index contributed by atoms with van der Waals surface area (Å²) in [5.74, 6) is 0.